The van der Waals surface area contributed by atoms with Crippen molar-refractivity contribution in [1.29, 1.82) is 0 Å². The molecule has 1 amide bonds. The Kier molecular flexibility index (Phi) is 6.97. The third-order valence-electron chi connectivity index (χ3n) is 3.87. The third kappa shape index (κ3) is 4.95. The lowest BCUT2D eigenvalue weighted by Gasteiger charge is -2.18. The number of halogens is 1. The van der Waals surface area contributed by atoms with Gasteiger partial charge in [0.1, 0.15) is 23.3 Å². The van der Waals surface area contributed by atoms with Crippen molar-refractivity contribution >= 4 is 23.2 Å². The highest BCUT2D eigenvalue weighted by atomic mass is 35.5. The van der Waals surface area contributed by atoms with E-state index < -0.39 is 6.04 Å². The quantitative estimate of drug-likeness (QED) is 0.736. The van der Waals surface area contributed by atoms with E-state index >= 15 is 0 Å². The van der Waals surface area contributed by atoms with Crippen LogP contribution >= 0.6 is 11.6 Å². The minimum absolute atomic E-state index is 0.144. The molecule has 0 aliphatic heterocycles. The van der Waals surface area contributed by atoms with E-state index in [4.69, 9.17) is 25.8 Å². The van der Waals surface area contributed by atoms with Crippen LogP contribution in [0.4, 0.5) is 5.69 Å². The second-order valence-electron chi connectivity index (χ2n) is 5.62. The van der Waals surface area contributed by atoms with Gasteiger partial charge >= 0.3 is 0 Å². The molecular formula is C19H23ClN2O4. The first-order chi connectivity index (χ1) is 12.5. The SMILES string of the molecule is COc1ccc(CNC(=O)C(C)Nc2cc(Cl)c(OC)cc2OC)cc1. The van der Waals surface area contributed by atoms with Gasteiger partial charge in [0.15, 0.2) is 0 Å². The molecule has 2 rings (SSSR count). The first-order valence-corrected chi connectivity index (χ1v) is 8.45. The Morgan fingerprint density at radius 1 is 1.04 bits per heavy atom. The van der Waals surface area contributed by atoms with Gasteiger partial charge in [0.25, 0.3) is 0 Å². The predicted octanol–water partition coefficient (Wildman–Crippen LogP) is 3.48. The monoisotopic (exact) mass is 378 g/mol. The molecule has 0 saturated carbocycles. The summed E-state index contributed by atoms with van der Waals surface area (Å²) in [5.41, 5.74) is 1.60. The lowest BCUT2D eigenvalue weighted by molar-refractivity contribution is -0.121. The first-order valence-electron chi connectivity index (χ1n) is 8.07. The predicted molar refractivity (Wildman–Crippen MR) is 102 cm³/mol. The van der Waals surface area contributed by atoms with Crippen LogP contribution in [0.2, 0.25) is 5.02 Å². The van der Waals surface area contributed by atoms with Gasteiger partial charge in [-0.05, 0) is 30.7 Å². The van der Waals surface area contributed by atoms with E-state index in [-0.39, 0.29) is 5.91 Å². The molecule has 0 aromatic heterocycles. The van der Waals surface area contributed by atoms with Gasteiger partial charge in [0.2, 0.25) is 5.91 Å². The van der Waals surface area contributed by atoms with Crippen molar-refractivity contribution in [2.45, 2.75) is 19.5 Å². The van der Waals surface area contributed by atoms with Crippen molar-refractivity contribution in [2.75, 3.05) is 26.6 Å². The van der Waals surface area contributed by atoms with Crippen LogP contribution in [0.3, 0.4) is 0 Å². The van der Waals surface area contributed by atoms with Crippen molar-refractivity contribution in [3.05, 3.63) is 47.0 Å². The molecule has 0 aliphatic carbocycles. The highest BCUT2D eigenvalue weighted by Crippen LogP contribution is 2.36. The van der Waals surface area contributed by atoms with E-state index in [2.05, 4.69) is 10.6 Å². The van der Waals surface area contributed by atoms with Crippen molar-refractivity contribution in [1.82, 2.24) is 5.32 Å². The summed E-state index contributed by atoms with van der Waals surface area (Å²) in [7, 11) is 4.69. The number of ether oxygens (including phenoxy) is 3. The molecule has 2 N–H and O–H groups in total. The average Bonchev–Trinajstić information content (AvgIpc) is 2.66. The lowest BCUT2D eigenvalue weighted by Crippen LogP contribution is -2.37. The average molecular weight is 379 g/mol. The van der Waals surface area contributed by atoms with Crippen molar-refractivity contribution < 1.29 is 19.0 Å². The van der Waals surface area contributed by atoms with E-state index in [0.717, 1.165) is 11.3 Å². The first kappa shape index (κ1) is 19.7. The summed E-state index contributed by atoms with van der Waals surface area (Å²) in [4.78, 5) is 12.4. The van der Waals surface area contributed by atoms with Gasteiger partial charge in [0.05, 0.1) is 32.0 Å². The Balaban J connectivity index is 1.98. The van der Waals surface area contributed by atoms with Gasteiger partial charge in [-0.15, -0.1) is 0 Å². The summed E-state index contributed by atoms with van der Waals surface area (Å²) in [6, 6.07) is 10.4. The van der Waals surface area contributed by atoms with E-state index in [9.17, 15) is 4.79 Å². The number of methoxy groups -OCH3 is 3. The number of amides is 1. The van der Waals surface area contributed by atoms with Gasteiger partial charge in [-0.3, -0.25) is 4.79 Å². The van der Waals surface area contributed by atoms with Gasteiger partial charge in [-0.25, -0.2) is 0 Å². The molecule has 2 aromatic rings. The normalized spacial score (nSPS) is 11.4. The van der Waals surface area contributed by atoms with E-state index in [1.165, 1.54) is 7.11 Å². The molecule has 140 valence electrons. The van der Waals surface area contributed by atoms with Crippen LogP contribution in [0.1, 0.15) is 12.5 Å². The number of nitrogens with one attached hydrogen (secondary N) is 2. The highest BCUT2D eigenvalue weighted by Gasteiger charge is 2.16. The van der Waals surface area contributed by atoms with Crippen LogP contribution in [-0.4, -0.2) is 33.3 Å². The maximum Gasteiger partial charge on any atom is 0.242 e. The van der Waals surface area contributed by atoms with Crippen molar-refractivity contribution in [2.24, 2.45) is 0 Å². The number of rotatable bonds is 8. The Morgan fingerprint density at radius 2 is 1.69 bits per heavy atom. The van der Waals surface area contributed by atoms with Crippen LogP contribution in [0.15, 0.2) is 36.4 Å². The van der Waals surface area contributed by atoms with Crippen molar-refractivity contribution in [3.63, 3.8) is 0 Å². The van der Waals surface area contributed by atoms with Crippen LogP contribution in [0.5, 0.6) is 17.2 Å². The zero-order chi connectivity index (χ0) is 19.1. The van der Waals surface area contributed by atoms with Gasteiger partial charge in [0, 0.05) is 12.6 Å². The van der Waals surface area contributed by atoms with E-state index in [0.29, 0.717) is 28.8 Å². The van der Waals surface area contributed by atoms with Crippen LogP contribution < -0.4 is 24.8 Å². The van der Waals surface area contributed by atoms with Crippen LogP contribution in [-0.2, 0) is 11.3 Å². The molecule has 0 saturated heterocycles. The summed E-state index contributed by atoms with van der Waals surface area (Å²) >= 11 is 6.16. The molecule has 0 aliphatic rings. The second kappa shape index (κ2) is 9.20. The van der Waals surface area contributed by atoms with Crippen molar-refractivity contribution in [3.8, 4) is 17.2 Å². The number of anilines is 1. The summed E-state index contributed by atoms with van der Waals surface area (Å²) in [5.74, 6) is 1.68. The molecule has 2 aromatic carbocycles. The highest BCUT2D eigenvalue weighted by molar-refractivity contribution is 6.32. The molecular weight excluding hydrogens is 356 g/mol. The Hall–Kier alpha value is -2.60. The minimum Gasteiger partial charge on any atom is -0.497 e. The fourth-order valence-corrected chi connectivity index (χ4v) is 2.60. The Bertz CT molecular complexity index is 750. The molecule has 26 heavy (non-hydrogen) atoms. The fraction of sp³-hybridized carbons (Fsp3) is 0.316. The molecule has 1 atom stereocenters. The van der Waals surface area contributed by atoms with Gasteiger partial charge in [-0.2, -0.15) is 0 Å². The van der Waals surface area contributed by atoms with Crippen LogP contribution in [0, 0.1) is 0 Å². The number of carbonyl (C=O) groups excluding carboxylic acids is 1. The number of hydrogen-bond acceptors (Lipinski definition) is 5. The molecule has 7 heteroatoms. The summed E-state index contributed by atoms with van der Waals surface area (Å²) in [6.07, 6.45) is 0. The fourth-order valence-electron chi connectivity index (χ4n) is 2.36. The van der Waals surface area contributed by atoms with Gasteiger partial charge in [-0.1, -0.05) is 23.7 Å². The van der Waals surface area contributed by atoms with E-state index in [1.54, 1.807) is 33.3 Å². The third-order valence-corrected chi connectivity index (χ3v) is 4.16. The summed E-state index contributed by atoms with van der Waals surface area (Å²) < 4.78 is 15.6. The summed E-state index contributed by atoms with van der Waals surface area (Å²) in [5, 5.41) is 6.43. The minimum atomic E-state index is -0.480. The Labute approximate surface area is 158 Å². The molecule has 6 nitrogen and oxygen atoms in total. The maximum absolute atomic E-state index is 12.4. The van der Waals surface area contributed by atoms with Gasteiger partial charge < -0.3 is 24.8 Å². The maximum atomic E-state index is 12.4. The zero-order valence-corrected chi connectivity index (χ0v) is 16.0. The number of hydrogen-bond donors (Lipinski definition) is 2. The molecule has 0 heterocycles. The Morgan fingerprint density at radius 3 is 2.27 bits per heavy atom. The molecule has 1 unspecified atom stereocenters. The summed E-state index contributed by atoms with van der Waals surface area (Å²) in [6.45, 7) is 2.19. The molecule has 0 fully saturated rings. The number of carbonyl (C=O) groups is 1. The standard InChI is InChI=1S/C19H23ClN2O4/c1-12(19(23)21-11-13-5-7-14(24-2)8-6-13)22-16-9-15(20)17(25-3)10-18(16)26-4/h5-10,12,22H,11H2,1-4H3,(H,21,23). The molecule has 0 radical (unpaired) electrons. The number of benzene rings is 2. The largest absolute Gasteiger partial charge is 0.497 e. The van der Waals surface area contributed by atoms with E-state index in [1.807, 2.05) is 24.3 Å². The topological polar surface area (TPSA) is 68.8 Å². The smallest absolute Gasteiger partial charge is 0.242 e. The van der Waals surface area contributed by atoms with Crippen LogP contribution in [0.25, 0.3) is 0 Å². The zero-order valence-electron chi connectivity index (χ0n) is 15.3. The molecule has 0 spiro atoms. The molecule has 0 bridgehead atoms. The lowest BCUT2D eigenvalue weighted by atomic mass is 10.2. The second-order valence-corrected chi connectivity index (χ2v) is 6.03.